The topological polar surface area (TPSA) is 24.1 Å². The Morgan fingerprint density at radius 3 is 1.69 bits per heavy atom. The first kappa shape index (κ1) is 31.2. The zero-order chi connectivity index (χ0) is 24.8. The first-order valence-electron chi connectivity index (χ1n) is 13.5. The van der Waals surface area contributed by atoms with Crippen molar-refractivity contribution in [1.82, 2.24) is 10.6 Å². The summed E-state index contributed by atoms with van der Waals surface area (Å²) in [5, 5.41) is 8.67. The van der Waals surface area contributed by atoms with Gasteiger partial charge in [-0.05, 0) is 49.1 Å². The third-order valence-corrected chi connectivity index (χ3v) is 12.7. The van der Waals surface area contributed by atoms with E-state index in [2.05, 4.69) is 79.6 Å². The minimum absolute atomic E-state index is 0. The molecule has 3 atom stereocenters. The van der Waals surface area contributed by atoms with Crippen LogP contribution in [0.15, 0.2) is 48.5 Å². The van der Waals surface area contributed by atoms with Gasteiger partial charge in [0.2, 0.25) is 0 Å². The molecule has 204 valence electrons. The zero-order valence-electron chi connectivity index (χ0n) is 23.0. The first-order valence-corrected chi connectivity index (χ1v) is 15.6. The fourth-order valence-corrected chi connectivity index (χ4v) is 10.6. The van der Waals surface area contributed by atoms with E-state index >= 15 is 0 Å². The fraction of sp³-hybridized carbons (Fsp3) is 0.667. The van der Waals surface area contributed by atoms with Crippen molar-refractivity contribution in [2.45, 2.75) is 114 Å². The van der Waals surface area contributed by atoms with Gasteiger partial charge in [-0.1, -0.05) is 60.5 Å². The third kappa shape index (κ3) is 8.24. The van der Waals surface area contributed by atoms with Crippen LogP contribution in [0.25, 0.3) is 0 Å². The maximum absolute atomic E-state index is 3.93. The number of piperidine rings is 2. The van der Waals surface area contributed by atoms with Gasteiger partial charge in [0.15, 0.2) is 0 Å². The second-order valence-corrected chi connectivity index (χ2v) is 17.1. The van der Waals surface area contributed by atoms with Gasteiger partial charge in [0.1, 0.15) is 0 Å². The van der Waals surface area contributed by atoms with Crippen LogP contribution in [0.5, 0.6) is 0 Å². The van der Waals surface area contributed by atoms with E-state index < -0.39 is 0 Å². The van der Waals surface area contributed by atoms with Crippen LogP contribution in [0.2, 0.25) is 0 Å². The molecule has 2 aliphatic heterocycles. The van der Waals surface area contributed by atoms with Gasteiger partial charge in [0.05, 0.1) is 0 Å². The Kier molecular flexibility index (Phi) is 12.2. The van der Waals surface area contributed by atoms with Crippen molar-refractivity contribution < 1.29 is 17.1 Å². The summed E-state index contributed by atoms with van der Waals surface area (Å²) in [6, 6.07) is 18.3. The van der Waals surface area contributed by atoms with E-state index in [1.807, 2.05) is 30.3 Å². The molecule has 0 saturated carbocycles. The van der Waals surface area contributed by atoms with E-state index in [1.54, 1.807) is 11.1 Å². The Balaban J connectivity index is 0.000000640. The van der Waals surface area contributed by atoms with Crippen LogP contribution in [-0.2, 0) is 28.4 Å². The maximum Gasteiger partial charge on any atom is 0.0193 e. The molecule has 4 rings (SSSR count). The summed E-state index contributed by atoms with van der Waals surface area (Å²) >= 11 is 0. The van der Waals surface area contributed by atoms with Gasteiger partial charge in [-0.15, -0.1) is 22.7 Å². The summed E-state index contributed by atoms with van der Waals surface area (Å²) in [4.78, 5) is 0. The van der Waals surface area contributed by atoms with Crippen LogP contribution in [-0.4, -0.2) is 35.5 Å². The summed E-state index contributed by atoms with van der Waals surface area (Å²) in [6.45, 7) is 17.0. The zero-order valence-corrected chi connectivity index (χ0v) is 26.2. The van der Waals surface area contributed by atoms with Gasteiger partial charge in [0, 0.05) is 34.3 Å². The van der Waals surface area contributed by atoms with Gasteiger partial charge < -0.3 is 41.0 Å². The fourth-order valence-electron chi connectivity index (χ4n) is 6.13. The monoisotopic (exact) mass is 556 g/mol. The quantitative estimate of drug-likeness (QED) is 0.224. The molecule has 5 heteroatoms. The van der Waals surface area contributed by atoms with Crippen molar-refractivity contribution in [2.24, 2.45) is 0 Å². The van der Waals surface area contributed by atoms with Crippen molar-refractivity contribution in [3.63, 3.8) is 0 Å². The van der Waals surface area contributed by atoms with Crippen molar-refractivity contribution >= 4 is 17.2 Å². The average Bonchev–Trinajstić information content (AvgIpc) is 3.52. The number of rotatable bonds is 5. The van der Waals surface area contributed by atoms with Gasteiger partial charge >= 0.3 is 0 Å². The van der Waals surface area contributed by atoms with Gasteiger partial charge in [-0.2, -0.15) is 11.6 Å². The van der Waals surface area contributed by atoms with Crippen molar-refractivity contribution in [3.05, 3.63) is 59.7 Å². The Labute approximate surface area is 230 Å². The Hall–Kier alpha value is -0.000519. The van der Waals surface area contributed by atoms with E-state index in [-0.39, 0.29) is 30.1 Å². The molecule has 0 aliphatic carbocycles. The maximum atomic E-state index is 3.93. The van der Waals surface area contributed by atoms with Crippen LogP contribution < -0.4 is 10.6 Å². The van der Waals surface area contributed by atoms with Gasteiger partial charge in [-0.3, -0.25) is 0 Å². The summed E-state index contributed by atoms with van der Waals surface area (Å²) in [7, 11) is 3.25. The van der Waals surface area contributed by atoms with Crippen molar-refractivity contribution in [3.8, 4) is 0 Å². The summed E-state index contributed by atoms with van der Waals surface area (Å²) in [6.07, 6.45) is 9.17. The van der Waals surface area contributed by atoms with Crippen LogP contribution in [0.4, 0.5) is 0 Å². The normalized spacial score (nSPS) is 23.1. The standard InChI is InChI=1S/C25H45N2P2.C5H5.Fe/c1-23(2,3)29(24(4,5)6)18-19-12-11-13-20(19)25(28,21-14-7-9-16-26-21)22-15-8-10-17-27-22;1-2-4-5-3-1;/h11-13,21-22,26-27H,7-10,14-18,28H2,1-6H3;1-5H;/q-1;-5;. The third-order valence-electron chi connectivity index (χ3n) is 7.65. The van der Waals surface area contributed by atoms with Gasteiger partial charge in [-0.25, -0.2) is 12.1 Å². The molecule has 2 saturated heterocycles. The molecule has 2 aliphatic rings. The molecule has 3 unspecified atom stereocenters. The number of hydrogen-bond donors (Lipinski definition) is 2. The van der Waals surface area contributed by atoms with Crippen molar-refractivity contribution in [2.75, 3.05) is 13.1 Å². The molecular weight excluding hydrogens is 506 g/mol. The predicted octanol–water partition coefficient (Wildman–Crippen LogP) is 7.74. The van der Waals surface area contributed by atoms with Gasteiger partial charge in [0.25, 0.3) is 0 Å². The Morgan fingerprint density at radius 1 is 0.857 bits per heavy atom. The average molecular weight is 557 g/mol. The molecule has 2 nitrogen and oxygen atoms in total. The van der Waals surface area contributed by atoms with Crippen molar-refractivity contribution in [1.29, 1.82) is 0 Å². The molecule has 2 aromatic rings. The molecular formula is C30H50FeN2P2-6. The van der Waals surface area contributed by atoms with E-state index in [4.69, 9.17) is 0 Å². The summed E-state index contributed by atoms with van der Waals surface area (Å²) in [5.41, 5.74) is 3.21. The van der Waals surface area contributed by atoms with Crippen LogP contribution in [0.3, 0.4) is 0 Å². The second kappa shape index (κ2) is 13.7. The molecule has 0 bridgehead atoms. The predicted molar refractivity (Wildman–Crippen MR) is 157 cm³/mol. The molecule has 2 aromatic carbocycles. The van der Waals surface area contributed by atoms with E-state index in [0.29, 0.717) is 22.4 Å². The van der Waals surface area contributed by atoms with E-state index in [9.17, 15) is 0 Å². The molecule has 2 N–H and O–H groups in total. The Morgan fingerprint density at radius 2 is 1.31 bits per heavy atom. The second-order valence-electron chi connectivity index (χ2n) is 12.3. The molecule has 0 amide bonds. The minimum atomic E-state index is -0.142. The number of hydrogen-bond acceptors (Lipinski definition) is 2. The molecule has 0 aromatic heterocycles. The molecule has 0 spiro atoms. The molecule has 0 radical (unpaired) electrons. The largest absolute Gasteiger partial charge is 0.748 e. The summed E-state index contributed by atoms with van der Waals surface area (Å²) < 4.78 is 0. The minimum Gasteiger partial charge on any atom is -0.748 e. The van der Waals surface area contributed by atoms with Crippen LogP contribution in [0, 0.1) is 0 Å². The van der Waals surface area contributed by atoms with E-state index in [1.165, 1.54) is 57.8 Å². The number of nitrogens with one attached hydrogen (secondary N) is 2. The molecule has 2 fully saturated rings. The van der Waals surface area contributed by atoms with Crippen LogP contribution >= 0.6 is 17.2 Å². The van der Waals surface area contributed by atoms with E-state index in [0.717, 1.165) is 0 Å². The first-order chi connectivity index (χ1) is 16.0. The molecule has 35 heavy (non-hydrogen) atoms. The van der Waals surface area contributed by atoms with Crippen LogP contribution in [0.1, 0.15) is 91.2 Å². The molecule has 2 heterocycles. The Bertz CT molecular complexity index is 770. The SMILES string of the molecule is CC(C)(C)P(C[c-]1cccc1C(P)(C1CCCCN1)C1CCCCN1)C(C)(C)C.[Fe].[cH-]1[cH-][cH-][cH-][cH-]1. The summed E-state index contributed by atoms with van der Waals surface area (Å²) in [5.74, 6) is 0. The smallest absolute Gasteiger partial charge is 0.0193 e.